The second kappa shape index (κ2) is 11.4. The number of primary amides is 1. The van der Waals surface area contributed by atoms with Gasteiger partial charge in [-0.25, -0.2) is 4.98 Å². The zero-order valence-corrected chi connectivity index (χ0v) is 18.2. The minimum Gasteiger partial charge on any atom is -0.475 e. The van der Waals surface area contributed by atoms with Gasteiger partial charge in [-0.1, -0.05) is 12.1 Å². The summed E-state index contributed by atoms with van der Waals surface area (Å²) in [5.41, 5.74) is 9.18. The topological polar surface area (TPSA) is 122 Å². The molecule has 0 fully saturated rings. The fourth-order valence-corrected chi connectivity index (χ4v) is 3.38. The highest BCUT2D eigenvalue weighted by Crippen LogP contribution is 2.29. The first kappa shape index (κ1) is 22.7. The van der Waals surface area contributed by atoms with Crippen LogP contribution in [0.5, 0.6) is 5.88 Å². The van der Waals surface area contributed by atoms with Gasteiger partial charge >= 0.3 is 0 Å². The lowest BCUT2D eigenvalue weighted by Crippen LogP contribution is -2.20. The highest BCUT2D eigenvalue weighted by molar-refractivity contribution is 6.07. The van der Waals surface area contributed by atoms with Crippen molar-refractivity contribution >= 4 is 27.7 Å². The van der Waals surface area contributed by atoms with E-state index in [1.807, 2.05) is 24.4 Å². The van der Waals surface area contributed by atoms with Gasteiger partial charge in [-0.3, -0.25) is 9.78 Å². The Morgan fingerprint density at radius 1 is 0.818 bits per heavy atom. The molecule has 172 valence electrons. The van der Waals surface area contributed by atoms with Crippen molar-refractivity contribution in [3.63, 3.8) is 0 Å². The molecule has 0 radical (unpaired) electrons. The number of ether oxygens (including phenoxy) is 4. The molecule has 0 atom stereocenters. The molecule has 9 heteroatoms. The largest absolute Gasteiger partial charge is 0.475 e. The van der Waals surface area contributed by atoms with Crippen molar-refractivity contribution in [3.8, 4) is 17.0 Å². The Morgan fingerprint density at radius 2 is 1.58 bits per heavy atom. The average molecular weight is 450 g/mol. The Hall–Kier alpha value is -3.53. The third kappa shape index (κ3) is 6.26. The minimum atomic E-state index is -0.493. The summed E-state index contributed by atoms with van der Waals surface area (Å²) in [7, 11) is 0. The number of H-pyrrole nitrogens is 1. The van der Waals surface area contributed by atoms with Crippen molar-refractivity contribution < 1.29 is 23.7 Å². The molecule has 0 saturated heterocycles. The Kier molecular flexibility index (Phi) is 7.81. The molecule has 1 amide bonds. The van der Waals surface area contributed by atoms with Crippen LogP contribution in [0.2, 0.25) is 0 Å². The van der Waals surface area contributed by atoms with E-state index in [2.05, 4.69) is 33.2 Å². The van der Waals surface area contributed by atoms with Crippen molar-refractivity contribution in [2.24, 2.45) is 5.73 Å². The fourth-order valence-electron chi connectivity index (χ4n) is 3.38. The number of aromatic nitrogens is 3. The maximum atomic E-state index is 10.5. The monoisotopic (exact) mass is 450 g/mol. The summed E-state index contributed by atoms with van der Waals surface area (Å²) < 4.78 is 21.4. The third-order valence-electron chi connectivity index (χ3n) is 4.94. The molecule has 3 aromatic heterocycles. The smallest absolute Gasteiger partial charge is 0.243 e. The third-order valence-corrected chi connectivity index (χ3v) is 4.94. The fraction of sp³-hybridized carbons (Fsp3) is 0.292. The quantitative estimate of drug-likeness (QED) is 0.300. The lowest BCUT2D eigenvalue weighted by atomic mass is 10.1. The summed E-state index contributed by atoms with van der Waals surface area (Å²) in [6.07, 6.45) is 5.46. The molecule has 0 aliphatic heterocycles. The van der Waals surface area contributed by atoms with Crippen LogP contribution in [-0.2, 0) is 19.0 Å². The molecular weight excluding hydrogens is 424 g/mol. The maximum Gasteiger partial charge on any atom is 0.243 e. The number of benzene rings is 1. The van der Waals surface area contributed by atoms with E-state index in [0.29, 0.717) is 45.5 Å². The number of carbonyl (C=O) groups is 1. The van der Waals surface area contributed by atoms with Crippen molar-refractivity contribution in [1.29, 1.82) is 0 Å². The zero-order valence-electron chi connectivity index (χ0n) is 18.2. The van der Waals surface area contributed by atoms with Gasteiger partial charge in [0, 0.05) is 52.0 Å². The van der Waals surface area contributed by atoms with Gasteiger partial charge in [0.2, 0.25) is 11.8 Å². The number of hydrogen-bond acceptors (Lipinski definition) is 7. The van der Waals surface area contributed by atoms with E-state index in [0.717, 1.165) is 32.9 Å². The summed E-state index contributed by atoms with van der Waals surface area (Å²) >= 11 is 0. The summed E-state index contributed by atoms with van der Waals surface area (Å²) in [5.74, 6) is 0.0512. The van der Waals surface area contributed by atoms with Crippen LogP contribution < -0.4 is 10.5 Å². The number of amides is 1. The second-order valence-electron chi connectivity index (χ2n) is 7.28. The molecular formula is C24H26N4O5. The number of fused-ring (bicyclic) bond motifs is 3. The summed E-state index contributed by atoms with van der Waals surface area (Å²) in [4.78, 5) is 22.6. The lowest BCUT2D eigenvalue weighted by molar-refractivity contribution is -0.123. The summed E-state index contributed by atoms with van der Waals surface area (Å²) in [5, 5.41) is 2.26. The predicted molar refractivity (Wildman–Crippen MR) is 124 cm³/mol. The normalized spacial score (nSPS) is 11.3. The van der Waals surface area contributed by atoms with E-state index in [4.69, 9.17) is 24.7 Å². The summed E-state index contributed by atoms with van der Waals surface area (Å²) in [6.45, 7) is 2.31. The first-order chi connectivity index (χ1) is 16.2. The molecule has 0 spiro atoms. The molecule has 1 aromatic carbocycles. The molecule has 0 aliphatic carbocycles. The van der Waals surface area contributed by atoms with Crippen LogP contribution in [0.15, 0.2) is 55.0 Å². The number of nitrogens with two attached hydrogens (primary N) is 1. The van der Waals surface area contributed by atoms with Gasteiger partial charge in [0.25, 0.3) is 0 Å². The van der Waals surface area contributed by atoms with E-state index in [1.54, 1.807) is 12.4 Å². The molecule has 0 saturated carbocycles. The molecule has 4 rings (SSSR count). The van der Waals surface area contributed by atoms with Crippen molar-refractivity contribution in [1.82, 2.24) is 15.0 Å². The highest BCUT2D eigenvalue weighted by Gasteiger charge is 2.07. The van der Waals surface area contributed by atoms with E-state index >= 15 is 0 Å². The Balaban J connectivity index is 1.18. The Labute approximate surface area is 190 Å². The Bertz CT molecular complexity index is 1190. The van der Waals surface area contributed by atoms with Gasteiger partial charge in [0.15, 0.2) is 0 Å². The first-order valence-corrected chi connectivity index (χ1v) is 10.7. The zero-order chi connectivity index (χ0) is 22.9. The molecule has 3 N–H and O–H groups in total. The number of carbonyl (C=O) groups excluding carboxylic acids is 1. The van der Waals surface area contributed by atoms with Crippen LogP contribution in [0, 0.1) is 0 Å². The standard InChI is InChI=1S/C24H26N4O5/c25-23(29)16-32-10-9-30-7-8-31-11-12-33-24-4-2-18(14-27-24)17-1-3-19-20-15-26-6-5-21(20)28-22(19)13-17/h1-6,13-15,28H,7-12,16H2,(H2,25,29). The van der Waals surface area contributed by atoms with Crippen molar-refractivity contribution in [2.75, 3.05) is 46.2 Å². The highest BCUT2D eigenvalue weighted by atomic mass is 16.6. The van der Waals surface area contributed by atoms with Gasteiger partial charge in [-0.15, -0.1) is 0 Å². The SMILES string of the molecule is NC(=O)COCCOCCOCCOc1ccc(-c2ccc3c(c2)[nH]c2ccncc23)cn1. The number of aromatic amines is 1. The van der Waals surface area contributed by atoms with Crippen LogP contribution in [0.1, 0.15) is 0 Å². The summed E-state index contributed by atoms with van der Waals surface area (Å²) in [6, 6.07) is 12.1. The molecule has 9 nitrogen and oxygen atoms in total. The van der Waals surface area contributed by atoms with Gasteiger partial charge in [-0.05, 0) is 23.8 Å². The number of rotatable bonds is 13. The number of nitrogens with zero attached hydrogens (tertiary/aromatic N) is 2. The van der Waals surface area contributed by atoms with Gasteiger partial charge < -0.3 is 29.7 Å². The lowest BCUT2D eigenvalue weighted by Gasteiger charge is -2.08. The average Bonchev–Trinajstić information content (AvgIpc) is 3.20. The predicted octanol–water partition coefficient (Wildman–Crippen LogP) is 2.69. The van der Waals surface area contributed by atoms with E-state index in [-0.39, 0.29) is 6.61 Å². The van der Waals surface area contributed by atoms with Crippen molar-refractivity contribution in [3.05, 3.63) is 55.0 Å². The molecule has 33 heavy (non-hydrogen) atoms. The number of nitrogens with one attached hydrogen (secondary N) is 1. The molecule has 0 aliphatic rings. The van der Waals surface area contributed by atoms with Crippen LogP contribution >= 0.6 is 0 Å². The second-order valence-corrected chi connectivity index (χ2v) is 7.28. The molecule has 3 heterocycles. The molecule has 0 unspecified atom stereocenters. The first-order valence-electron chi connectivity index (χ1n) is 10.7. The van der Waals surface area contributed by atoms with Gasteiger partial charge in [-0.2, -0.15) is 0 Å². The van der Waals surface area contributed by atoms with Crippen molar-refractivity contribution in [2.45, 2.75) is 0 Å². The number of hydrogen-bond donors (Lipinski definition) is 2. The Morgan fingerprint density at radius 3 is 2.33 bits per heavy atom. The molecule has 0 bridgehead atoms. The maximum absolute atomic E-state index is 10.5. The number of pyridine rings is 2. The van der Waals surface area contributed by atoms with Crippen LogP contribution in [-0.4, -0.2) is 67.1 Å². The van der Waals surface area contributed by atoms with E-state index in [9.17, 15) is 4.79 Å². The van der Waals surface area contributed by atoms with Gasteiger partial charge in [0.1, 0.15) is 13.2 Å². The minimum absolute atomic E-state index is 0.0938. The molecule has 4 aromatic rings. The van der Waals surface area contributed by atoms with E-state index in [1.165, 1.54) is 0 Å². The van der Waals surface area contributed by atoms with Crippen LogP contribution in [0.25, 0.3) is 32.9 Å². The van der Waals surface area contributed by atoms with Crippen LogP contribution in [0.3, 0.4) is 0 Å². The van der Waals surface area contributed by atoms with E-state index < -0.39 is 5.91 Å². The van der Waals surface area contributed by atoms with Gasteiger partial charge in [0.05, 0.1) is 33.0 Å². The van der Waals surface area contributed by atoms with Crippen LogP contribution in [0.4, 0.5) is 0 Å².